The van der Waals surface area contributed by atoms with Gasteiger partial charge in [-0.15, -0.1) is 0 Å². The maximum atomic E-state index is 5.51. The number of nitrogens with zero attached hydrogens (tertiary/aromatic N) is 2. The fourth-order valence-electron chi connectivity index (χ4n) is 1.58. The lowest BCUT2D eigenvalue weighted by Crippen LogP contribution is -2.26. The third-order valence-electron chi connectivity index (χ3n) is 2.32. The zero-order valence-corrected chi connectivity index (χ0v) is 8.95. The van der Waals surface area contributed by atoms with Crippen LogP contribution in [0.2, 0.25) is 0 Å². The lowest BCUT2D eigenvalue weighted by molar-refractivity contribution is 0.708. The molecule has 0 radical (unpaired) electrons. The summed E-state index contributed by atoms with van der Waals surface area (Å²) in [5.74, 6) is 0.103. The molecule has 0 aliphatic heterocycles. The van der Waals surface area contributed by atoms with E-state index in [1.54, 1.807) is 0 Å². The van der Waals surface area contributed by atoms with Gasteiger partial charge in [-0.2, -0.15) is 4.99 Å². The molecule has 0 aromatic rings. The van der Waals surface area contributed by atoms with Crippen LogP contribution in [0.3, 0.4) is 0 Å². The van der Waals surface area contributed by atoms with Crippen molar-refractivity contribution in [2.75, 3.05) is 6.54 Å². The minimum atomic E-state index is -0.0499. The van der Waals surface area contributed by atoms with Gasteiger partial charge < -0.3 is 17.2 Å². The molecule has 15 heavy (non-hydrogen) atoms. The molecule has 0 atom stereocenters. The van der Waals surface area contributed by atoms with Gasteiger partial charge in [0.05, 0.1) is 6.54 Å². The number of rotatable bonds is 2. The maximum absolute atomic E-state index is 5.51. The Hall–Kier alpha value is -1.52. The molecule has 1 rings (SSSR count). The molecule has 5 heteroatoms. The topological polar surface area (TPSA) is 103 Å². The molecule has 0 heterocycles. The number of guanidine groups is 2. The van der Waals surface area contributed by atoms with Crippen LogP contribution in [0.25, 0.3) is 0 Å². The Kier molecular flexibility index (Phi) is 4.66. The molecule has 1 aliphatic rings. The summed E-state index contributed by atoms with van der Waals surface area (Å²) >= 11 is 0. The molecule has 0 unspecified atom stereocenters. The molecule has 0 saturated heterocycles. The summed E-state index contributed by atoms with van der Waals surface area (Å²) in [6.45, 7) is 0.614. The van der Waals surface area contributed by atoms with Gasteiger partial charge in [0.1, 0.15) is 0 Å². The van der Waals surface area contributed by atoms with Crippen LogP contribution in [-0.4, -0.2) is 18.5 Å². The third-order valence-corrected chi connectivity index (χ3v) is 2.32. The molecule has 0 saturated carbocycles. The van der Waals surface area contributed by atoms with Crippen LogP contribution in [-0.2, 0) is 0 Å². The monoisotopic (exact) mass is 209 g/mol. The van der Waals surface area contributed by atoms with Gasteiger partial charge in [0.15, 0.2) is 5.96 Å². The van der Waals surface area contributed by atoms with Crippen molar-refractivity contribution in [3.8, 4) is 0 Å². The van der Waals surface area contributed by atoms with Crippen LogP contribution in [0.4, 0.5) is 0 Å². The van der Waals surface area contributed by atoms with Crippen molar-refractivity contribution in [2.24, 2.45) is 27.2 Å². The van der Waals surface area contributed by atoms with Crippen molar-refractivity contribution in [3.05, 3.63) is 11.6 Å². The highest BCUT2D eigenvalue weighted by Gasteiger charge is 2.01. The normalized spacial score (nSPS) is 17.9. The van der Waals surface area contributed by atoms with E-state index in [-0.39, 0.29) is 11.9 Å². The van der Waals surface area contributed by atoms with E-state index in [1.807, 2.05) is 0 Å². The van der Waals surface area contributed by atoms with Gasteiger partial charge in [-0.1, -0.05) is 18.1 Å². The maximum Gasteiger partial charge on any atom is 0.218 e. The highest BCUT2D eigenvalue weighted by molar-refractivity contribution is 5.92. The highest BCUT2D eigenvalue weighted by atomic mass is 15.1. The minimum Gasteiger partial charge on any atom is -0.370 e. The first-order valence-electron chi connectivity index (χ1n) is 5.26. The van der Waals surface area contributed by atoms with E-state index in [0.717, 1.165) is 12.8 Å². The second kappa shape index (κ2) is 6.06. The zero-order valence-electron chi connectivity index (χ0n) is 8.95. The van der Waals surface area contributed by atoms with Crippen molar-refractivity contribution in [2.45, 2.75) is 32.1 Å². The summed E-state index contributed by atoms with van der Waals surface area (Å²) in [6.07, 6.45) is 8.32. The lowest BCUT2D eigenvalue weighted by Gasteiger charge is -2.01. The highest BCUT2D eigenvalue weighted by Crippen LogP contribution is 2.16. The number of allylic oxidation sites excluding steroid dienone is 1. The average molecular weight is 209 g/mol. The van der Waals surface area contributed by atoms with E-state index < -0.39 is 0 Å². The molecule has 0 amide bonds. The van der Waals surface area contributed by atoms with Crippen LogP contribution >= 0.6 is 0 Å². The minimum absolute atomic E-state index is 0.0499. The second-order valence-corrected chi connectivity index (χ2v) is 3.67. The van der Waals surface area contributed by atoms with Gasteiger partial charge in [0.25, 0.3) is 0 Å². The standard InChI is InChI=1S/C10H19N5/c11-9(12)15-10(13)14-7-8-5-3-1-2-4-6-8/h5H,1-4,6-7H2,(H6,11,12,13,14,15). The van der Waals surface area contributed by atoms with Gasteiger partial charge in [0.2, 0.25) is 5.96 Å². The SMILES string of the molecule is NC(N)=NC(N)=NCC1=CCCCCC1. The largest absolute Gasteiger partial charge is 0.370 e. The van der Waals surface area contributed by atoms with Crippen LogP contribution < -0.4 is 17.2 Å². The fourth-order valence-corrected chi connectivity index (χ4v) is 1.58. The van der Waals surface area contributed by atoms with Gasteiger partial charge in [-0.3, -0.25) is 0 Å². The van der Waals surface area contributed by atoms with Crippen molar-refractivity contribution in [3.63, 3.8) is 0 Å². The van der Waals surface area contributed by atoms with Crippen LogP contribution in [0.5, 0.6) is 0 Å². The van der Waals surface area contributed by atoms with Gasteiger partial charge in [-0.05, 0) is 25.7 Å². The van der Waals surface area contributed by atoms with Crippen molar-refractivity contribution >= 4 is 11.9 Å². The van der Waals surface area contributed by atoms with E-state index in [0.29, 0.717) is 6.54 Å². The van der Waals surface area contributed by atoms with Gasteiger partial charge >= 0.3 is 0 Å². The van der Waals surface area contributed by atoms with E-state index >= 15 is 0 Å². The first-order valence-corrected chi connectivity index (χ1v) is 5.26. The van der Waals surface area contributed by atoms with Crippen LogP contribution in [0.15, 0.2) is 21.6 Å². The Morgan fingerprint density at radius 2 is 2.00 bits per heavy atom. The van der Waals surface area contributed by atoms with E-state index in [2.05, 4.69) is 16.1 Å². The zero-order chi connectivity index (χ0) is 11.1. The third kappa shape index (κ3) is 5.05. The summed E-state index contributed by atoms with van der Waals surface area (Å²) in [7, 11) is 0. The molecule has 0 aromatic heterocycles. The number of nitrogens with two attached hydrogens (primary N) is 3. The molecule has 6 N–H and O–H groups in total. The lowest BCUT2D eigenvalue weighted by atomic mass is 10.1. The number of hydrogen-bond donors (Lipinski definition) is 3. The molecule has 84 valence electrons. The van der Waals surface area contributed by atoms with Gasteiger partial charge in [-0.25, -0.2) is 4.99 Å². The van der Waals surface area contributed by atoms with Crippen LogP contribution in [0, 0.1) is 0 Å². The quantitative estimate of drug-likeness (QED) is 0.350. The predicted octanol–water partition coefficient (Wildman–Crippen LogP) is 0.465. The second-order valence-electron chi connectivity index (χ2n) is 3.67. The first kappa shape index (κ1) is 11.6. The molecule has 0 bridgehead atoms. The number of hydrogen-bond acceptors (Lipinski definition) is 1. The predicted molar refractivity (Wildman–Crippen MR) is 63.5 cm³/mol. The summed E-state index contributed by atoms with van der Waals surface area (Å²) in [4.78, 5) is 7.77. The molecule has 1 aliphatic carbocycles. The molecule has 0 aromatic carbocycles. The van der Waals surface area contributed by atoms with Crippen molar-refractivity contribution < 1.29 is 0 Å². The van der Waals surface area contributed by atoms with E-state index in [9.17, 15) is 0 Å². The Labute approximate surface area is 90.1 Å². The van der Waals surface area contributed by atoms with Crippen LogP contribution in [0.1, 0.15) is 32.1 Å². The van der Waals surface area contributed by atoms with Crippen molar-refractivity contribution in [1.82, 2.24) is 0 Å². The Morgan fingerprint density at radius 1 is 1.20 bits per heavy atom. The summed E-state index contributed by atoms with van der Waals surface area (Å²) in [5.41, 5.74) is 17.2. The summed E-state index contributed by atoms with van der Waals surface area (Å²) in [6, 6.07) is 0. The summed E-state index contributed by atoms with van der Waals surface area (Å²) < 4.78 is 0. The average Bonchev–Trinajstić information content (AvgIpc) is 2.41. The van der Waals surface area contributed by atoms with E-state index in [1.165, 1.54) is 24.8 Å². The van der Waals surface area contributed by atoms with Gasteiger partial charge in [0, 0.05) is 0 Å². The smallest absolute Gasteiger partial charge is 0.218 e. The number of aliphatic imine (C=N–C) groups is 2. The molecule has 0 spiro atoms. The Balaban J connectivity index is 2.47. The molecule has 0 fully saturated rings. The Bertz CT molecular complexity index is 286. The van der Waals surface area contributed by atoms with E-state index in [4.69, 9.17) is 17.2 Å². The summed E-state index contributed by atoms with van der Waals surface area (Å²) in [5, 5.41) is 0. The first-order chi connectivity index (χ1) is 7.18. The van der Waals surface area contributed by atoms with Crippen molar-refractivity contribution in [1.29, 1.82) is 0 Å². The Morgan fingerprint density at radius 3 is 2.73 bits per heavy atom. The molecule has 5 nitrogen and oxygen atoms in total. The molecular weight excluding hydrogens is 190 g/mol. The fraction of sp³-hybridized carbons (Fsp3) is 0.600. The molecular formula is C10H19N5.